The number of carbonyl (C=O) groups excluding carboxylic acids is 1. The fourth-order valence-electron chi connectivity index (χ4n) is 1.13. The van der Waals surface area contributed by atoms with Gasteiger partial charge in [0.25, 0.3) is 0 Å². The molecule has 0 bridgehead atoms. The van der Waals surface area contributed by atoms with Crippen molar-refractivity contribution in [3.05, 3.63) is 24.3 Å². The van der Waals surface area contributed by atoms with Gasteiger partial charge in [0.2, 0.25) is 0 Å². The average Bonchev–Trinajstić information content (AvgIpc) is 2.26. The molecule has 1 aromatic rings. The maximum atomic E-state index is 11.2. The summed E-state index contributed by atoms with van der Waals surface area (Å²) in [5.74, 6) is -0.0369. The Labute approximate surface area is 100 Å². The zero-order valence-corrected chi connectivity index (χ0v) is 10.5. The first kappa shape index (κ1) is 13.5. The Morgan fingerprint density at radius 2 is 1.82 bits per heavy atom. The van der Waals surface area contributed by atoms with Crippen molar-refractivity contribution in [2.45, 2.75) is 11.8 Å². The third-order valence-corrected chi connectivity index (χ3v) is 3.04. The lowest BCUT2D eigenvalue weighted by atomic mass is 10.3. The Balaban J connectivity index is 2.60. The summed E-state index contributed by atoms with van der Waals surface area (Å²) < 4.78 is 32.2. The maximum Gasteiger partial charge on any atom is 0.344 e. The smallest absolute Gasteiger partial charge is 0.344 e. The molecule has 0 radical (unpaired) electrons. The van der Waals surface area contributed by atoms with E-state index in [4.69, 9.17) is 4.74 Å². The fraction of sp³-hybridized carbons (Fsp3) is 0.364. The zero-order chi connectivity index (χ0) is 12.9. The largest absolute Gasteiger partial charge is 0.482 e. The van der Waals surface area contributed by atoms with E-state index in [1.807, 2.05) is 0 Å². The maximum absolute atomic E-state index is 11.2. The molecule has 0 atom stereocenters. The number of carbonyl (C=O) groups is 1. The van der Waals surface area contributed by atoms with Crippen molar-refractivity contribution >= 4 is 15.8 Å². The van der Waals surface area contributed by atoms with E-state index in [0.717, 1.165) is 6.26 Å². The van der Waals surface area contributed by atoms with Crippen molar-refractivity contribution in [2.75, 3.05) is 19.5 Å². The third-order valence-electron chi connectivity index (χ3n) is 1.91. The first-order valence-electron chi connectivity index (χ1n) is 5.02. The van der Waals surface area contributed by atoms with Gasteiger partial charge < -0.3 is 9.47 Å². The Kier molecular flexibility index (Phi) is 4.51. The molecule has 0 amide bonds. The van der Waals surface area contributed by atoms with Crippen LogP contribution < -0.4 is 4.74 Å². The number of sulfone groups is 1. The number of ether oxygens (including phenoxy) is 2. The van der Waals surface area contributed by atoms with Crippen LogP contribution in [0, 0.1) is 0 Å². The van der Waals surface area contributed by atoms with Crippen molar-refractivity contribution in [3.63, 3.8) is 0 Å². The second kappa shape index (κ2) is 5.67. The van der Waals surface area contributed by atoms with E-state index in [0.29, 0.717) is 12.4 Å². The van der Waals surface area contributed by atoms with Crippen molar-refractivity contribution in [1.82, 2.24) is 0 Å². The molecule has 17 heavy (non-hydrogen) atoms. The van der Waals surface area contributed by atoms with Crippen LogP contribution in [-0.4, -0.2) is 33.9 Å². The van der Waals surface area contributed by atoms with Gasteiger partial charge in [-0.05, 0) is 31.2 Å². The van der Waals surface area contributed by atoms with E-state index in [2.05, 4.69) is 4.74 Å². The minimum Gasteiger partial charge on any atom is -0.482 e. The van der Waals surface area contributed by atoms with Crippen molar-refractivity contribution in [3.8, 4) is 5.75 Å². The molecule has 0 unspecified atom stereocenters. The summed E-state index contributed by atoms with van der Waals surface area (Å²) in [6.07, 6.45) is 1.13. The molecule has 94 valence electrons. The number of hydrogen-bond acceptors (Lipinski definition) is 5. The summed E-state index contributed by atoms with van der Waals surface area (Å²) >= 11 is 0. The fourth-order valence-corrected chi connectivity index (χ4v) is 1.76. The Morgan fingerprint density at radius 3 is 2.29 bits per heavy atom. The second-order valence-electron chi connectivity index (χ2n) is 3.34. The molecule has 0 saturated heterocycles. The normalized spacial score (nSPS) is 10.9. The lowest BCUT2D eigenvalue weighted by molar-refractivity contribution is -0.145. The lowest BCUT2D eigenvalue weighted by Crippen LogP contribution is -2.14. The molecule has 0 N–H and O–H groups in total. The monoisotopic (exact) mass is 258 g/mol. The topological polar surface area (TPSA) is 69.7 Å². The molecule has 5 nitrogen and oxygen atoms in total. The van der Waals surface area contributed by atoms with Crippen LogP contribution in [0.2, 0.25) is 0 Å². The molecule has 1 rings (SSSR count). The quantitative estimate of drug-likeness (QED) is 0.738. The Morgan fingerprint density at radius 1 is 1.24 bits per heavy atom. The first-order valence-corrected chi connectivity index (χ1v) is 6.91. The van der Waals surface area contributed by atoms with Crippen LogP contribution in [0.25, 0.3) is 0 Å². The van der Waals surface area contributed by atoms with Crippen molar-refractivity contribution in [2.24, 2.45) is 0 Å². The van der Waals surface area contributed by atoms with Gasteiger partial charge in [-0.1, -0.05) is 0 Å². The predicted molar refractivity (Wildman–Crippen MR) is 61.7 cm³/mol. The number of hydrogen-bond donors (Lipinski definition) is 0. The standard InChI is InChI=1S/C11H14O5S/c1-3-15-11(12)8-16-9-4-6-10(7-5-9)17(2,13)14/h4-7H,3,8H2,1-2H3. The number of esters is 1. The summed E-state index contributed by atoms with van der Waals surface area (Å²) in [5.41, 5.74) is 0. The third kappa shape index (κ3) is 4.44. The van der Waals surface area contributed by atoms with Gasteiger partial charge >= 0.3 is 5.97 Å². The molecule has 0 aromatic heterocycles. The molecule has 0 saturated carbocycles. The van der Waals surface area contributed by atoms with Crippen LogP contribution in [0.15, 0.2) is 29.2 Å². The highest BCUT2D eigenvalue weighted by molar-refractivity contribution is 7.90. The molecule has 0 fully saturated rings. The summed E-state index contributed by atoms with van der Waals surface area (Å²) in [6, 6.07) is 5.84. The molecule has 0 aliphatic carbocycles. The SMILES string of the molecule is CCOC(=O)COc1ccc(S(C)(=O)=O)cc1. The van der Waals surface area contributed by atoms with Crippen LogP contribution in [0.3, 0.4) is 0 Å². The molecule has 6 heteroatoms. The van der Waals surface area contributed by atoms with Crippen LogP contribution >= 0.6 is 0 Å². The van der Waals surface area contributed by atoms with Crippen LogP contribution in [0.1, 0.15) is 6.92 Å². The molecule has 0 aliphatic rings. The van der Waals surface area contributed by atoms with Gasteiger partial charge in [-0.15, -0.1) is 0 Å². The second-order valence-corrected chi connectivity index (χ2v) is 5.35. The Hall–Kier alpha value is -1.56. The molecule has 0 spiro atoms. The minimum atomic E-state index is -3.21. The van der Waals surface area contributed by atoms with Gasteiger partial charge in [-0.25, -0.2) is 13.2 Å². The van der Waals surface area contributed by atoms with Crippen molar-refractivity contribution < 1.29 is 22.7 Å². The highest BCUT2D eigenvalue weighted by Crippen LogP contribution is 2.15. The van der Waals surface area contributed by atoms with Gasteiger partial charge in [-0.2, -0.15) is 0 Å². The predicted octanol–water partition coefficient (Wildman–Crippen LogP) is 1.03. The first-order chi connectivity index (χ1) is 7.93. The van der Waals surface area contributed by atoms with E-state index < -0.39 is 15.8 Å². The highest BCUT2D eigenvalue weighted by atomic mass is 32.2. The van der Waals surface area contributed by atoms with Crippen LogP contribution in [0.4, 0.5) is 0 Å². The number of rotatable bonds is 5. The van der Waals surface area contributed by atoms with Gasteiger partial charge in [0, 0.05) is 6.26 Å². The molecule has 0 heterocycles. The van der Waals surface area contributed by atoms with E-state index in [1.165, 1.54) is 24.3 Å². The van der Waals surface area contributed by atoms with Gasteiger partial charge in [0.05, 0.1) is 11.5 Å². The molecule has 1 aromatic carbocycles. The van der Waals surface area contributed by atoms with E-state index in [-0.39, 0.29) is 11.5 Å². The Bertz CT molecular complexity index is 475. The molecular formula is C11H14O5S. The lowest BCUT2D eigenvalue weighted by Gasteiger charge is -2.06. The highest BCUT2D eigenvalue weighted by Gasteiger charge is 2.07. The van der Waals surface area contributed by atoms with Crippen molar-refractivity contribution in [1.29, 1.82) is 0 Å². The van der Waals surface area contributed by atoms with E-state index in [9.17, 15) is 13.2 Å². The molecular weight excluding hydrogens is 244 g/mol. The van der Waals surface area contributed by atoms with Crippen LogP contribution in [0.5, 0.6) is 5.75 Å². The zero-order valence-electron chi connectivity index (χ0n) is 9.67. The van der Waals surface area contributed by atoms with Gasteiger partial charge in [0.1, 0.15) is 5.75 Å². The summed E-state index contributed by atoms with van der Waals surface area (Å²) in [5, 5.41) is 0. The summed E-state index contributed by atoms with van der Waals surface area (Å²) in [7, 11) is -3.21. The van der Waals surface area contributed by atoms with E-state index in [1.54, 1.807) is 6.92 Å². The summed E-state index contributed by atoms with van der Waals surface area (Å²) in [4.78, 5) is 11.2. The number of benzene rings is 1. The molecule has 0 aliphatic heterocycles. The van der Waals surface area contributed by atoms with E-state index >= 15 is 0 Å². The average molecular weight is 258 g/mol. The van der Waals surface area contributed by atoms with Gasteiger partial charge in [0.15, 0.2) is 16.4 Å². The summed E-state index contributed by atoms with van der Waals surface area (Å²) in [6.45, 7) is 1.82. The van der Waals surface area contributed by atoms with Gasteiger partial charge in [-0.3, -0.25) is 0 Å². The minimum absolute atomic E-state index is 0.188. The van der Waals surface area contributed by atoms with Crippen LogP contribution in [-0.2, 0) is 19.4 Å².